The van der Waals surface area contributed by atoms with E-state index in [-0.39, 0.29) is 38.3 Å². The van der Waals surface area contributed by atoms with Crippen LogP contribution in [0.15, 0.2) is 18.2 Å². The molecule has 0 N–H and O–H groups in total. The monoisotopic (exact) mass is 397 g/mol. The Morgan fingerprint density at radius 3 is 2.48 bits per heavy atom. The third-order valence-electron chi connectivity index (χ3n) is 2.76. The highest BCUT2D eigenvalue weighted by Gasteiger charge is 2.21. The third kappa shape index (κ3) is 3.98. The molecule has 0 fully saturated rings. The number of carbonyl (C=O) groups is 1. The van der Waals surface area contributed by atoms with Crippen LogP contribution in [0.25, 0.3) is 0 Å². The van der Waals surface area contributed by atoms with Crippen LogP contribution in [0.4, 0.5) is 4.39 Å². The fraction of sp³-hybridized carbons (Fsp3) is 0.143. The van der Waals surface area contributed by atoms with Gasteiger partial charge in [-0.25, -0.2) is 14.2 Å². The lowest BCUT2D eigenvalue weighted by Gasteiger charge is -2.09. The summed E-state index contributed by atoms with van der Waals surface area (Å²) in [4.78, 5) is 15.8. The van der Waals surface area contributed by atoms with E-state index < -0.39 is 11.8 Å². The standard InChI is InChI=1S/C14H8Cl4FNO3/c1-22-8-3-2-6(4-7(8)19)5-23-14(21)12-10(16)9(15)11(17)13(18)20-12/h2-4H,5H2,1H3. The molecule has 0 saturated heterocycles. The molecule has 1 heterocycles. The van der Waals surface area contributed by atoms with Gasteiger partial charge in [0.1, 0.15) is 11.8 Å². The summed E-state index contributed by atoms with van der Waals surface area (Å²) >= 11 is 23.3. The van der Waals surface area contributed by atoms with Crippen molar-refractivity contribution in [1.82, 2.24) is 4.98 Å². The molecule has 0 aliphatic carbocycles. The second-order valence-electron chi connectivity index (χ2n) is 4.24. The van der Waals surface area contributed by atoms with Gasteiger partial charge in [-0.15, -0.1) is 0 Å². The first-order valence-electron chi connectivity index (χ1n) is 6.04. The predicted molar refractivity (Wildman–Crippen MR) is 86.3 cm³/mol. The molecule has 23 heavy (non-hydrogen) atoms. The Hall–Kier alpha value is -1.27. The number of rotatable bonds is 4. The Labute approximate surface area is 151 Å². The lowest BCUT2D eigenvalue weighted by molar-refractivity contribution is 0.0465. The fourth-order valence-electron chi connectivity index (χ4n) is 1.64. The van der Waals surface area contributed by atoms with Gasteiger partial charge in [-0.05, 0) is 17.7 Å². The molecular weight excluding hydrogens is 391 g/mol. The van der Waals surface area contributed by atoms with Crippen molar-refractivity contribution < 1.29 is 18.7 Å². The molecule has 0 spiro atoms. The van der Waals surface area contributed by atoms with Crippen LogP contribution in [0.1, 0.15) is 16.1 Å². The number of carbonyl (C=O) groups excluding carboxylic acids is 1. The molecule has 2 aromatic rings. The van der Waals surface area contributed by atoms with Gasteiger partial charge in [0.15, 0.2) is 17.3 Å². The molecule has 4 nitrogen and oxygen atoms in total. The molecule has 0 aliphatic rings. The molecule has 1 aromatic heterocycles. The average Bonchev–Trinajstić information content (AvgIpc) is 2.54. The molecule has 0 aliphatic heterocycles. The van der Waals surface area contributed by atoms with E-state index >= 15 is 0 Å². The summed E-state index contributed by atoms with van der Waals surface area (Å²) in [6.45, 7) is -0.199. The van der Waals surface area contributed by atoms with E-state index in [0.717, 1.165) is 0 Å². The molecule has 122 valence electrons. The Morgan fingerprint density at radius 2 is 1.87 bits per heavy atom. The molecule has 9 heteroatoms. The molecule has 0 amide bonds. The quantitative estimate of drug-likeness (QED) is 0.524. The Morgan fingerprint density at radius 1 is 1.17 bits per heavy atom. The van der Waals surface area contributed by atoms with E-state index in [9.17, 15) is 9.18 Å². The van der Waals surface area contributed by atoms with Gasteiger partial charge >= 0.3 is 5.97 Å². The van der Waals surface area contributed by atoms with E-state index in [1.54, 1.807) is 6.07 Å². The molecule has 0 bridgehead atoms. The summed E-state index contributed by atoms with van der Waals surface area (Å²) in [5.74, 6) is -1.36. The smallest absolute Gasteiger partial charge is 0.358 e. The van der Waals surface area contributed by atoms with E-state index in [4.69, 9.17) is 55.9 Å². The minimum atomic E-state index is -0.869. The average molecular weight is 399 g/mol. The van der Waals surface area contributed by atoms with Crippen LogP contribution in [0, 0.1) is 5.82 Å². The van der Waals surface area contributed by atoms with Crippen molar-refractivity contribution in [2.45, 2.75) is 6.61 Å². The topological polar surface area (TPSA) is 48.4 Å². The first-order chi connectivity index (χ1) is 10.8. The van der Waals surface area contributed by atoms with Crippen molar-refractivity contribution >= 4 is 52.4 Å². The SMILES string of the molecule is COc1ccc(COC(=O)c2nc(Cl)c(Cl)c(Cl)c2Cl)cc1F. The zero-order valence-corrected chi connectivity index (χ0v) is 14.5. The number of esters is 1. The first-order valence-corrected chi connectivity index (χ1v) is 7.55. The summed E-state index contributed by atoms with van der Waals surface area (Å²) in [7, 11) is 1.35. The second-order valence-corrected chi connectivity index (χ2v) is 5.73. The van der Waals surface area contributed by atoms with Crippen LogP contribution in [0.3, 0.4) is 0 Å². The van der Waals surface area contributed by atoms with Gasteiger partial charge in [0.05, 0.1) is 22.2 Å². The maximum Gasteiger partial charge on any atom is 0.358 e. The third-order valence-corrected chi connectivity index (χ3v) is 4.44. The van der Waals surface area contributed by atoms with Crippen LogP contribution in [0.5, 0.6) is 5.75 Å². The van der Waals surface area contributed by atoms with Crippen LogP contribution in [0.2, 0.25) is 20.2 Å². The number of nitrogens with zero attached hydrogens (tertiary/aromatic N) is 1. The fourth-order valence-corrected chi connectivity index (χ4v) is 2.44. The first kappa shape index (κ1) is 18.1. The van der Waals surface area contributed by atoms with Gasteiger partial charge in [0, 0.05) is 0 Å². The maximum absolute atomic E-state index is 13.6. The Bertz CT molecular complexity index is 770. The summed E-state index contributed by atoms with van der Waals surface area (Å²) in [5.41, 5.74) is 0.138. The molecule has 0 saturated carbocycles. The van der Waals surface area contributed by atoms with E-state index in [1.165, 1.54) is 19.2 Å². The predicted octanol–water partition coefficient (Wildman–Crippen LogP) is 5.20. The van der Waals surface area contributed by atoms with Crippen molar-refractivity contribution in [3.05, 3.63) is 55.5 Å². The van der Waals surface area contributed by atoms with Gasteiger partial charge in [-0.2, -0.15) is 0 Å². The van der Waals surface area contributed by atoms with E-state index in [2.05, 4.69) is 4.98 Å². The zero-order valence-electron chi connectivity index (χ0n) is 11.5. The van der Waals surface area contributed by atoms with Crippen molar-refractivity contribution in [3.8, 4) is 5.75 Å². The van der Waals surface area contributed by atoms with Gasteiger partial charge in [0.25, 0.3) is 0 Å². The van der Waals surface area contributed by atoms with Gasteiger partial charge in [-0.1, -0.05) is 52.5 Å². The molecule has 1 aromatic carbocycles. The number of benzene rings is 1. The van der Waals surface area contributed by atoms with Crippen molar-refractivity contribution in [2.24, 2.45) is 0 Å². The Kier molecular flexibility index (Phi) is 5.92. The highest BCUT2D eigenvalue weighted by atomic mass is 35.5. The highest BCUT2D eigenvalue weighted by molar-refractivity contribution is 6.52. The van der Waals surface area contributed by atoms with Crippen LogP contribution < -0.4 is 4.74 Å². The molecule has 0 radical (unpaired) electrons. The number of methoxy groups -OCH3 is 1. The van der Waals surface area contributed by atoms with Crippen molar-refractivity contribution in [2.75, 3.05) is 7.11 Å². The number of aromatic nitrogens is 1. The maximum atomic E-state index is 13.6. The summed E-state index contributed by atoms with van der Waals surface area (Å²) < 4.78 is 23.4. The van der Waals surface area contributed by atoms with Gasteiger partial charge in [-0.3, -0.25) is 0 Å². The van der Waals surface area contributed by atoms with E-state index in [1.807, 2.05) is 0 Å². The number of ether oxygens (including phenoxy) is 2. The van der Waals surface area contributed by atoms with Crippen LogP contribution in [-0.4, -0.2) is 18.1 Å². The summed E-state index contributed by atoms with van der Waals surface area (Å²) in [6.07, 6.45) is 0. The number of halogens is 5. The van der Waals surface area contributed by atoms with Crippen LogP contribution in [-0.2, 0) is 11.3 Å². The normalized spacial score (nSPS) is 10.5. The lowest BCUT2D eigenvalue weighted by atomic mass is 10.2. The molecule has 0 atom stereocenters. The van der Waals surface area contributed by atoms with E-state index in [0.29, 0.717) is 5.56 Å². The largest absolute Gasteiger partial charge is 0.494 e. The van der Waals surface area contributed by atoms with Gasteiger partial charge < -0.3 is 9.47 Å². The van der Waals surface area contributed by atoms with Crippen LogP contribution >= 0.6 is 46.4 Å². The van der Waals surface area contributed by atoms with Gasteiger partial charge in [0.2, 0.25) is 0 Å². The Balaban J connectivity index is 2.16. The highest BCUT2D eigenvalue weighted by Crippen LogP contribution is 2.36. The number of hydrogen-bond donors (Lipinski definition) is 0. The molecular formula is C14H8Cl4FNO3. The summed E-state index contributed by atoms with van der Waals surface area (Å²) in [6, 6.07) is 4.15. The van der Waals surface area contributed by atoms with Crippen molar-refractivity contribution in [1.29, 1.82) is 0 Å². The zero-order chi connectivity index (χ0) is 17.1. The second kappa shape index (κ2) is 7.53. The lowest BCUT2D eigenvalue weighted by Crippen LogP contribution is -2.09. The van der Waals surface area contributed by atoms with Crippen molar-refractivity contribution in [3.63, 3.8) is 0 Å². The summed E-state index contributed by atoms with van der Waals surface area (Å²) in [5, 5.41) is -0.515. The molecule has 0 unspecified atom stereocenters. The number of pyridine rings is 1. The number of hydrogen-bond acceptors (Lipinski definition) is 4. The molecule has 2 rings (SSSR count). The minimum Gasteiger partial charge on any atom is -0.494 e. The minimum absolute atomic E-state index is 0.0629.